The van der Waals surface area contributed by atoms with Gasteiger partial charge in [0.15, 0.2) is 0 Å². The van der Waals surface area contributed by atoms with Crippen molar-refractivity contribution >= 4 is 6.08 Å². The third-order valence-corrected chi connectivity index (χ3v) is 4.87. The zero-order chi connectivity index (χ0) is 14.5. The summed E-state index contributed by atoms with van der Waals surface area (Å²) in [6.45, 7) is 0. The first kappa shape index (κ1) is 14.3. The number of hydrogen-bond acceptors (Lipinski definition) is 2. The molecule has 0 saturated carbocycles. The molecule has 0 aliphatic heterocycles. The minimum absolute atomic E-state index is 0.584. The number of nitrogens with zero attached hydrogens (tertiary/aromatic N) is 1. The van der Waals surface area contributed by atoms with E-state index in [1.165, 1.54) is 50.5 Å². The highest BCUT2D eigenvalue weighted by Gasteiger charge is 2.18. The lowest BCUT2D eigenvalue weighted by molar-refractivity contribution is 0.488. The molecule has 1 unspecified atom stereocenters. The number of hydrogen-bond donors (Lipinski definition) is 0. The van der Waals surface area contributed by atoms with Gasteiger partial charge in [0, 0.05) is 5.70 Å². The van der Waals surface area contributed by atoms with Gasteiger partial charge in [-0.3, -0.25) is 0 Å². The van der Waals surface area contributed by atoms with E-state index < -0.39 is 0 Å². The Morgan fingerprint density at radius 3 is 3.10 bits per heavy atom. The quantitative estimate of drug-likeness (QED) is 0.517. The molecule has 3 aliphatic rings. The highest BCUT2D eigenvalue weighted by atomic mass is 16.1. The van der Waals surface area contributed by atoms with E-state index in [0.717, 1.165) is 18.5 Å². The molecular formula is C19H23NO. The van der Waals surface area contributed by atoms with Gasteiger partial charge in [0.25, 0.3) is 0 Å². The largest absolute Gasteiger partial charge is 0.240 e. The summed E-state index contributed by atoms with van der Waals surface area (Å²) in [5.74, 6) is 0.584. The number of aliphatic imine (C=N–C) groups is 1. The van der Waals surface area contributed by atoms with E-state index in [0.29, 0.717) is 5.92 Å². The SMILES string of the molecule is O=C=NC1=CC(CCC2=C3C=CCCC3=CCC2)CCC1. The molecule has 2 heteroatoms. The van der Waals surface area contributed by atoms with Gasteiger partial charge in [0.1, 0.15) is 0 Å². The number of fused-ring (bicyclic) bond motifs is 1. The maximum atomic E-state index is 10.4. The van der Waals surface area contributed by atoms with Crippen LogP contribution in [0.3, 0.4) is 0 Å². The summed E-state index contributed by atoms with van der Waals surface area (Å²) in [5.41, 5.74) is 5.69. The van der Waals surface area contributed by atoms with E-state index in [-0.39, 0.29) is 0 Å². The molecule has 0 bridgehead atoms. The van der Waals surface area contributed by atoms with E-state index >= 15 is 0 Å². The third-order valence-electron chi connectivity index (χ3n) is 4.87. The van der Waals surface area contributed by atoms with Crippen LogP contribution in [0.4, 0.5) is 0 Å². The van der Waals surface area contributed by atoms with Crippen LogP contribution in [0.25, 0.3) is 0 Å². The predicted molar refractivity (Wildman–Crippen MR) is 85.5 cm³/mol. The molecule has 21 heavy (non-hydrogen) atoms. The number of allylic oxidation sites excluding steroid dienone is 8. The molecule has 1 atom stereocenters. The maximum absolute atomic E-state index is 10.4. The van der Waals surface area contributed by atoms with Crippen molar-refractivity contribution in [1.29, 1.82) is 0 Å². The smallest absolute Gasteiger partial charge is 0.211 e. The van der Waals surface area contributed by atoms with Crippen LogP contribution in [0.5, 0.6) is 0 Å². The molecule has 0 aromatic carbocycles. The first-order valence-corrected chi connectivity index (χ1v) is 8.23. The fraction of sp³-hybridized carbons (Fsp3) is 0.526. The second kappa shape index (κ2) is 6.87. The van der Waals surface area contributed by atoms with Crippen molar-refractivity contribution in [3.8, 4) is 0 Å². The average Bonchev–Trinajstić information content (AvgIpc) is 2.53. The molecule has 0 fully saturated rings. The topological polar surface area (TPSA) is 29.4 Å². The molecule has 0 aromatic heterocycles. The Kier molecular flexibility index (Phi) is 4.67. The van der Waals surface area contributed by atoms with E-state index in [1.807, 2.05) is 0 Å². The molecule has 0 radical (unpaired) electrons. The molecule has 0 spiro atoms. The Balaban J connectivity index is 1.67. The summed E-state index contributed by atoms with van der Waals surface area (Å²) in [5, 5.41) is 0. The molecule has 0 N–H and O–H groups in total. The first-order chi connectivity index (χ1) is 10.4. The fourth-order valence-corrected chi connectivity index (χ4v) is 3.78. The maximum Gasteiger partial charge on any atom is 0.240 e. The molecule has 0 heterocycles. The summed E-state index contributed by atoms with van der Waals surface area (Å²) in [7, 11) is 0. The minimum atomic E-state index is 0.584. The number of isocyanates is 1. The Morgan fingerprint density at radius 2 is 2.19 bits per heavy atom. The lowest BCUT2D eigenvalue weighted by atomic mass is 9.81. The number of rotatable bonds is 4. The van der Waals surface area contributed by atoms with Crippen molar-refractivity contribution in [2.24, 2.45) is 10.9 Å². The molecule has 0 saturated heterocycles. The van der Waals surface area contributed by atoms with Crippen LogP contribution < -0.4 is 0 Å². The summed E-state index contributed by atoms with van der Waals surface area (Å²) >= 11 is 0. The lowest BCUT2D eigenvalue weighted by Gasteiger charge is -2.24. The summed E-state index contributed by atoms with van der Waals surface area (Å²) in [4.78, 5) is 14.2. The zero-order valence-electron chi connectivity index (χ0n) is 12.6. The van der Waals surface area contributed by atoms with Gasteiger partial charge in [0.2, 0.25) is 6.08 Å². The van der Waals surface area contributed by atoms with Crippen molar-refractivity contribution in [2.75, 3.05) is 0 Å². The molecule has 110 valence electrons. The summed E-state index contributed by atoms with van der Waals surface area (Å²) in [6, 6.07) is 0. The van der Waals surface area contributed by atoms with Crippen molar-refractivity contribution in [1.82, 2.24) is 0 Å². The Labute approximate surface area is 127 Å². The van der Waals surface area contributed by atoms with Gasteiger partial charge in [-0.2, -0.15) is 4.99 Å². The van der Waals surface area contributed by atoms with Crippen LogP contribution in [0.1, 0.15) is 57.8 Å². The average molecular weight is 281 g/mol. The monoisotopic (exact) mass is 281 g/mol. The molecule has 2 nitrogen and oxygen atoms in total. The predicted octanol–water partition coefficient (Wildman–Crippen LogP) is 5.15. The second-order valence-electron chi connectivity index (χ2n) is 6.28. The molecule has 0 amide bonds. The van der Waals surface area contributed by atoms with Crippen LogP contribution in [-0.2, 0) is 4.79 Å². The zero-order valence-corrected chi connectivity index (χ0v) is 12.6. The van der Waals surface area contributed by atoms with Gasteiger partial charge in [-0.1, -0.05) is 29.9 Å². The second-order valence-corrected chi connectivity index (χ2v) is 6.28. The summed E-state index contributed by atoms with van der Waals surface area (Å²) in [6.07, 6.45) is 21.5. The standard InChI is InChI=1S/C19H23NO/c21-14-20-18-9-3-5-15(13-18)11-12-17-8-4-7-16-6-1-2-10-19(16)17/h2,7,10,13,15H,1,3-6,8-9,11-12H2. The van der Waals surface area contributed by atoms with Crippen molar-refractivity contribution in [3.63, 3.8) is 0 Å². The Bertz CT molecular complexity index is 570. The lowest BCUT2D eigenvalue weighted by Crippen LogP contribution is -2.07. The van der Waals surface area contributed by atoms with Gasteiger partial charge < -0.3 is 0 Å². The van der Waals surface area contributed by atoms with Crippen molar-refractivity contribution in [2.45, 2.75) is 57.8 Å². The van der Waals surface area contributed by atoms with Crippen LogP contribution in [0.15, 0.2) is 51.7 Å². The molecule has 3 rings (SSSR count). The Morgan fingerprint density at radius 1 is 1.24 bits per heavy atom. The van der Waals surface area contributed by atoms with Gasteiger partial charge in [0.05, 0.1) is 0 Å². The van der Waals surface area contributed by atoms with Crippen molar-refractivity contribution < 1.29 is 4.79 Å². The van der Waals surface area contributed by atoms with Crippen LogP contribution >= 0.6 is 0 Å². The summed E-state index contributed by atoms with van der Waals surface area (Å²) < 4.78 is 0. The molecule has 3 aliphatic carbocycles. The third kappa shape index (κ3) is 3.51. The fourth-order valence-electron chi connectivity index (χ4n) is 3.78. The van der Waals surface area contributed by atoms with Crippen LogP contribution in [0, 0.1) is 5.92 Å². The number of carbonyl (C=O) groups excluding carboxylic acids is 1. The molecular weight excluding hydrogens is 258 g/mol. The highest BCUT2D eigenvalue weighted by molar-refractivity contribution is 5.48. The van der Waals surface area contributed by atoms with Crippen LogP contribution in [-0.4, -0.2) is 6.08 Å². The van der Waals surface area contributed by atoms with Crippen molar-refractivity contribution in [3.05, 3.63) is 46.7 Å². The van der Waals surface area contributed by atoms with Gasteiger partial charge in [-0.25, -0.2) is 4.79 Å². The molecule has 0 aromatic rings. The van der Waals surface area contributed by atoms with Gasteiger partial charge >= 0.3 is 0 Å². The van der Waals surface area contributed by atoms with Gasteiger partial charge in [-0.15, -0.1) is 0 Å². The minimum Gasteiger partial charge on any atom is -0.211 e. The van der Waals surface area contributed by atoms with E-state index in [9.17, 15) is 4.79 Å². The Hall–Kier alpha value is -1.66. The first-order valence-electron chi connectivity index (χ1n) is 8.23. The highest BCUT2D eigenvalue weighted by Crippen LogP contribution is 2.36. The normalized spacial score (nSPS) is 24.9. The van der Waals surface area contributed by atoms with Crippen LogP contribution in [0.2, 0.25) is 0 Å². The van der Waals surface area contributed by atoms with E-state index in [1.54, 1.807) is 17.2 Å². The van der Waals surface area contributed by atoms with Gasteiger partial charge in [-0.05, 0) is 74.9 Å². The van der Waals surface area contributed by atoms with E-state index in [2.05, 4.69) is 29.3 Å². The van der Waals surface area contributed by atoms with E-state index in [4.69, 9.17) is 0 Å².